The maximum absolute atomic E-state index is 13.0. The average molecular weight is 401 g/mol. The van der Waals surface area contributed by atoms with E-state index in [0.717, 1.165) is 32.1 Å². The number of nitrogens with one attached hydrogen (secondary N) is 1. The minimum atomic E-state index is -0.918. The van der Waals surface area contributed by atoms with E-state index in [1.807, 2.05) is 0 Å². The SMILES string of the molecule is C[C@H](OC(=O)C12C[C@@H]3C[C@@H](CC(O)(C3)C1)C2)C(=O)Nc1ccc2c(c1)OCCO2. The predicted molar refractivity (Wildman–Crippen MR) is 104 cm³/mol. The second-order valence-corrected chi connectivity index (χ2v) is 9.36. The number of aliphatic hydroxyl groups is 1. The summed E-state index contributed by atoms with van der Waals surface area (Å²) in [5.74, 6) is 1.27. The van der Waals surface area contributed by atoms with Crippen molar-refractivity contribution in [3.05, 3.63) is 18.2 Å². The summed E-state index contributed by atoms with van der Waals surface area (Å²) >= 11 is 0. The third-order valence-corrected chi connectivity index (χ3v) is 6.93. The molecule has 2 unspecified atom stereocenters. The maximum Gasteiger partial charge on any atom is 0.312 e. The Morgan fingerprint density at radius 1 is 1.14 bits per heavy atom. The Balaban J connectivity index is 1.24. The zero-order chi connectivity index (χ0) is 20.2. The molecule has 29 heavy (non-hydrogen) atoms. The summed E-state index contributed by atoms with van der Waals surface area (Å²) in [5.41, 5.74) is -0.810. The van der Waals surface area contributed by atoms with Crippen LogP contribution in [0.15, 0.2) is 18.2 Å². The fourth-order valence-electron chi connectivity index (χ4n) is 6.16. The molecule has 0 radical (unpaired) electrons. The van der Waals surface area contributed by atoms with Crippen LogP contribution in [0.4, 0.5) is 5.69 Å². The van der Waals surface area contributed by atoms with Crippen LogP contribution >= 0.6 is 0 Å². The van der Waals surface area contributed by atoms with E-state index in [4.69, 9.17) is 14.2 Å². The molecule has 1 heterocycles. The molecular formula is C22H27NO6. The number of carbonyl (C=O) groups excluding carboxylic acids is 2. The van der Waals surface area contributed by atoms with E-state index in [-0.39, 0.29) is 5.97 Å². The minimum Gasteiger partial charge on any atom is -0.486 e. The first kappa shape index (κ1) is 18.7. The van der Waals surface area contributed by atoms with Gasteiger partial charge in [-0.1, -0.05) is 0 Å². The fraction of sp³-hybridized carbons (Fsp3) is 0.636. The lowest BCUT2D eigenvalue weighted by Gasteiger charge is -2.58. The highest BCUT2D eigenvalue weighted by atomic mass is 16.6. The zero-order valence-electron chi connectivity index (χ0n) is 16.6. The van der Waals surface area contributed by atoms with Gasteiger partial charge in [0.25, 0.3) is 5.91 Å². The number of hydrogen-bond acceptors (Lipinski definition) is 6. The molecule has 1 aromatic rings. The van der Waals surface area contributed by atoms with Gasteiger partial charge in [-0.2, -0.15) is 0 Å². The van der Waals surface area contributed by atoms with Gasteiger partial charge in [0.15, 0.2) is 17.6 Å². The Kier molecular flexibility index (Phi) is 4.28. The third kappa shape index (κ3) is 3.35. The van der Waals surface area contributed by atoms with Crippen molar-refractivity contribution in [2.75, 3.05) is 18.5 Å². The summed E-state index contributed by atoms with van der Waals surface area (Å²) in [6.45, 7) is 2.56. The normalized spacial score (nSPS) is 35.1. The molecule has 5 aliphatic rings. The molecule has 1 aromatic carbocycles. The van der Waals surface area contributed by atoms with Crippen LogP contribution in [0.25, 0.3) is 0 Å². The molecule has 7 nitrogen and oxygen atoms in total. The van der Waals surface area contributed by atoms with Crippen molar-refractivity contribution in [3.63, 3.8) is 0 Å². The summed E-state index contributed by atoms with van der Waals surface area (Å²) in [6.07, 6.45) is 3.75. The molecular weight excluding hydrogens is 374 g/mol. The van der Waals surface area contributed by atoms with Crippen molar-refractivity contribution in [2.45, 2.75) is 57.2 Å². The van der Waals surface area contributed by atoms with Crippen molar-refractivity contribution < 1.29 is 28.9 Å². The number of amides is 1. The molecule has 0 spiro atoms. The zero-order valence-corrected chi connectivity index (χ0v) is 16.6. The first-order chi connectivity index (χ1) is 13.8. The average Bonchev–Trinajstić information content (AvgIpc) is 2.66. The van der Waals surface area contributed by atoms with Crippen molar-refractivity contribution in [2.24, 2.45) is 17.3 Å². The van der Waals surface area contributed by atoms with Crippen molar-refractivity contribution in [1.29, 1.82) is 0 Å². The van der Waals surface area contributed by atoms with Crippen molar-refractivity contribution in [3.8, 4) is 11.5 Å². The highest BCUT2D eigenvalue weighted by Crippen LogP contribution is 2.62. The molecule has 4 bridgehead atoms. The van der Waals surface area contributed by atoms with E-state index in [1.165, 1.54) is 0 Å². The molecule has 0 aromatic heterocycles. The van der Waals surface area contributed by atoms with Crippen LogP contribution < -0.4 is 14.8 Å². The Morgan fingerprint density at radius 2 is 1.83 bits per heavy atom. The molecule has 4 saturated carbocycles. The first-order valence-electron chi connectivity index (χ1n) is 10.5. The van der Waals surface area contributed by atoms with Crippen LogP contribution in [0, 0.1) is 17.3 Å². The van der Waals surface area contributed by atoms with Gasteiger partial charge in [0.1, 0.15) is 13.2 Å². The van der Waals surface area contributed by atoms with E-state index in [0.29, 0.717) is 48.7 Å². The molecule has 7 heteroatoms. The van der Waals surface area contributed by atoms with E-state index in [9.17, 15) is 14.7 Å². The number of benzene rings is 1. The number of carbonyl (C=O) groups is 2. The molecule has 0 saturated heterocycles. The Morgan fingerprint density at radius 3 is 2.52 bits per heavy atom. The highest BCUT2D eigenvalue weighted by Gasteiger charge is 2.61. The molecule has 2 N–H and O–H groups in total. The second kappa shape index (κ2) is 6.62. The van der Waals surface area contributed by atoms with Crippen LogP contribution in [-0.4, -0.2) is 41.9 Å². The van der Waals surface area contributed by atoms with Gasteiger partial charge in [-0.05, 0) is 69.4 Å². The predicted octanol–water partition coefficient (Wildman–Crippen LogP) is 2.66. The number of fused-ring (bicyclic) bond motifs is 1. The van der Waals surface area contributed by atoms with Crippen LogP contribution in [0.5, 0.6) is 11.5 Å². The monoisotopic (exact) mass is 401 g/mol. The van der Waals surface area contributed by atoms with Crippen molar-refractivity contribution >= 4 is 17.6 Å². The standard InChI is InChI=1S/C22H27NO6/c1-13(19(24)23-16-2-3-17-18(7-16)28-5-4-27-17)29-20(25)21-8-14-6-15(9-21)11-22(26,10-14)12-21/h2-3,7,13-15,26H,4-6,8-12H2,1H3,(H,23,24)/t13-,14-,15+,21?,22?/m0/s1. The molecule has 156 valence electrons. The number of rotatable bonds is 4. The van der Waals surface area contributed by atoms with Crippen LogP contribution in [-0.2, 0) is 14.3 Å². The van der Waals surface area contributed by atoms with Gasteiger partial charge in [0.2, 0.25) is 0 Å². The lowest BCUT2D eigenvalue weighted by Crippen LogP contribution is -2.59. The van der Waals surface area contributed by atoms with Crippen LogP contribution in [0.2, 0.25) is 0 Å². The number of ether oxygens (including phenoxy) is 3. The van der Waals surface area contributed by atoms with Gasteiger partial charge in [0, 0.05) is 11.8 Å². The van der Waals surface area contributed by atoms with Gasteiger partial charge in [-0.25, -0.2) is 0 Å². The van der Waals surface area contributed by atoms with E-state index in [1.54, 1.807) is 25.1 Å². The number of hydrogen-bond donors (Lipinski definition) is 2. The van der Waals surface area contributed by atoms with Gasteiger partial charge >= 0.3 is 5.97 Å². The molecule has 1 amide bonds. The second-order valence-electron chi connectivity index (χ2n) is 9.36. The number of esters is 1. The quantitative estimate of drug-likeness (QED) is 0.754. The van der Waals surface area contributed by atoms with Crippen LogP contribution in [0.3, 0.4) is 0 Å². The van der Waals surface area contributed by atoms with Gasteiger partial charge in [-0.3, -0.25) is 9.59 Å². The topological polar surface area (TPSA) is 94.1 Å². The highest BCUT2D eigenvalue weighted by molar-refractivity contribution is 5.95. The van der Waals surface area contributed by atoms with Crippen molar-refractivity contribution in [1.82, 2.24) is 0 Å². The Bertz CT molecular complexity index is 838. The lowest BCUT2D eigenvalue weighted by atomic mass is 9.48. The van der Waals surface area contributed by atoms with Gasteiger partial charge in [0.05, 0.1) is 11.0 Å². The third-order valence-electron chi connectivity index (χ3n) is 6.93. The molecule has 4 fully saturated rings. The minimum absolute atomic E-state index is 0.338. The summed E-state index contributed by atoms with van der Waals surface area (Å²) in [4.78, 5) is 25.6. The van der Waals surface area contributed by atoms with Gasteiger partial charge in [-0.15, -0.1) is 0 Å². The Hall–Kier alpha value is -2.28. The largest absolute Gasteiger partial charge is 0.486 e. The number of anilines is 1. The lowest BCUT2D eigenvalue weighted by molar-refractivity contribution is -0.199. The summed E-state index contributed by atoms with van der Waals surface area (Å²) in [6, 6.07) is 5.18. The van der Waals surface area contributed by atoms with E-state index >= 15 is 0 Å². The Labute approximate surface area is 169 Å². The first-order valence-corrected chi connectivity index (χ1v) is 10.5. The maximum atomic E-state index is 13.0. The molecule has 5 atom stereocenters. The molecule has 4 aliphatic carbocycles. The summed E-state index contributed by atoms with van der Waals surface area (Å²) in [5, 5.41) is 13.6. The molecule has 1 aliphatic heterocycles. The fourth-order valence-corrected chi connectivity index (χ4v) is 6.16. The van der Waals surface area contributed by atoms with E-state index in [2.05, 4.69) is 5.32 Å². The molecule has 6 rings (SSSR count). The summed E-state index contributed by atoms with van der Waals surface area (Å²) in [7, 11) is 0. The van der Waals surface area contributed by atoms with E-state index < -0.39 is 23.0 Å². The van der Waals surface area contributed by atoms with Crippen LogP contribution in [0.1, 0.15) is 45.4 Å². The smallest absolute Gasteiger partial charge is 0.312 e. The van der Waals surface area contributed by atoms with Gasteiger partial charge < -0.3 is 24.6 Å². The summed E-state index contributed by atoms with van der Waals surface area (Å²) < 4.78 is 16.6.